The maximum absolute atomic E-state index is 12.2. The highest BCUT2D eigenvalue weighted by molar-refractivity contribution is 5.80. The molecule has 0 fully saturated rings. The molecule has 0 aromatic heterocycles. The van der Waals surface area contributed by atoms with Gasteiger partial charge in [0.15, 0.2) is 6.10 Å². The first kappa shape index (κ1) is 22.8. The van der Waals surface area contributed by atoms with Gasteiger partial charge in [-0.25, -0.2) is 0 Å². The smallest absolute Gasteiger partial charge is 0.260 e. The number of ether oxygens (including phenoxy) is 2. The molecule has 4 nitrogen and oxygen atoms in total. The van der Waals surface area contributed by atoms with Gasteiger partial charge in [0.05, 0.1) is 6.54 Å². The van der Waals surface area contributed by atoms with E-state index in [1.54, 1.807) is 6.92 Å². The molecular weight excluding hydrogens is 362 g/mol. The van der Waals surface area contributed by atoms with Crippen molar-refractivity contribution in [3.8, 4) is 11.5 Å². The van der Waals surface area contributed by atoms with Gasteiger partial charge in [0.25, 0.3) is 5.91 Å². The monoisotopic (exact) mass is 397 g/mol. The normalized spacial score (nSPS) is 12.9. The summed E-state index contributed by atoms with van der Waals surface area (Å²) in [6.45, 7) is 15.6. The Morgan fingerprint density at radius 3 is 1.72 bits per heavy atom. The van der Waals surface area contributed by atoms with Crippen LogP contribution in [-0.4, -0.2) is 25.2 Å². The molecule has 0 saturated heterocycles. The van der Waals surface area contributed by atoms with E-state index in [-0.39, 0.29) is 16.7 Å². The molecule has 2 rings (SSSR count). The summed E-state index contributed by atoms with van der Waals surface area (Å²) in [5.41, 5.74) is 2.71. The van der Waals surface area contributed by atoms with E-state index in [9.17, 15) is 4.79 Å². The molecule has 0 spiro atoms. The van der Waals surface area contributed by atoms with Crippen LogP contribution in [0.3, 0.4) is 0 Å². The van der Waals surface area contributed by atoms with Gasteiger partial charge in [0, 0.05) is 0 Å². The minimum absolute atomic E-state index is 0.0919. The second-order valence-corrected chi connectivity index (χ2v) is 9.45. The average Bonchev–Trinajstić information content (AvgIpc) is 2.64. The summed E-state index contributed by atoms with van der Waals surface area (Å²) in [6.07, 6.45) is -0.568. The van der Waals surface area contributed by atoms with Crippen molar-refractivity contribution < 1.29 is 14.3 Å². The van der Waals surface area contributed by atoms with Crippen molar-refractivity contribution in [3.05, 3.63) is 59.7 Å². The van der Waals surface area contributed by atoms with Gasteiger partial charge in [-0.2, -0.15) is 0 Å². The third kappa shape index (κ3) is 7.12. The van der Waals surface area contributed by atoms with Gasteiger partial charge in [-0.15, -0.1) is 0 Å². The van der Waals surface area contributed by atoms with Crippen molar-refractivity contribution in [3.63, 3.8) is 0 Å². The SMILES string of the molecule is CC(Oc1ccc(C(C)(C)C)cc1)C(=O)NCCOc1ccc(C(C)(C)C)cc1. The Balaban J connectivity index is 1.74. The highest BCUT2D eigenvalue weighted by atomic mass is 16.5. The zero-order chi connectivity index (χ0) is 21.7. The number of amides is 1. The number of hydrogen-bond acceptors (Lipinski definition) is 3. The summed E-state index contributed by atoms with van der Waals surface area (Å²) in [4.78, 5) is 12.2. The fraction of sp³-hybridized carbons (Fsp3) is 0.480. The molecule has 0 bridgehead atoms. The molecule has 0 radical (unpaired) electrons. The maximum Gasteiger partial charge on any atom is 0.260 e. The van der Waals surface area contributed by atoms with E-state index in [0.717, 1.165) is 5.75 Å². The van der Waals surface area contributed by atoms with E-state index in [1.807, 2.05) is 36.4 Å². The molecule has 4 heteroatoms. The molecule has 2 aromatic rings. The van der Waals surface area contributed by atoms with E-state index in [1.165, 1.54) is 11.1 Å². The Hall–Kier alpha value is -2.49. The number of rotatable bonds is 7. The van der Waals surface area contributed by atoms with Crippen LogP contribution in [-0.2, 0) is 15.6 Å². The molecule has 0 heterocycles. The van der Waals surface area contributed by atoms with Gasteiger partial charge in [-0.05, 0) is 53.1 Å². The van der Waals surface area contributed by atoms with Crippen LogP contribution in [0.2, 0.25) is 0 Å². The fourth-order valence-electron chi connectivity index (χ4n) is 2.83. The highest BCUT2D eigenvalue weighted by Crippen LogP contribution is 2.25. The maximum atomic E-state index is 12.2. The van der Waals surface area contributed by atoms with Gasteiger partial charge in [-0.3, -0.25) is 4.79 Å². The third-order valence-corrected chi connectivity index (χ3v) is 4.79. The van der Waals surface area contributed by atoms with Crippen molar-refractivity contribution in [2.75, 3.05) is 13.2 Å². The Morgan fingerprint density at radius 2 is 1.28 bits per heavy atom. The number of hydrogen-bond donors (Lipinski definition) is 1. The van der Waals surface area contributed by atoms with Crippen molar-refractivity contribution in [1.29, 1.82) is 0 Å². The molecule has 2 aromatic carbocycles. The van der Waals surface area contributed by atoms with E-state index in [2.05, 4.69) is 59.0 Å². The van der Waals surface area contributed by atoms with Gasteiger partial charge in [0.1, 0.15) is 18.1 Å². The second kappa shape index (κ2) is 9.34. The first-order chi connectivity index (χ1) is 13.5. The molecule has 0 saturated carbocycles. The van der Waals surface area contributed by atoms with E-state index >= 15 is 0 Å². The fourth-order valence-corrected chi connectivity index (χ4v) is 2.83. The number of carbonyl (C=O) groups excluding carboxylic acids is 1. The zero-order valence-corrected chi connectivity index (χ0v) is 18.8. The van der Waals surface area contributed by atoms with Crippen LogP contribution in [0.1, 0.15) is 59.6 Å². The molecule has 0 aliphatic heterocycles. The minimum atomic E-state index is -0.568. The van der Waals surface area contributed by atoms with Gasteiger partial charge < -0.3 is 14.8 Å². The van der Waals surface area contributed by atoms with Crippen LogP contribution in [0, 0.1) is 0 Å². The number of benzene rings is 2. The molecular formula is C25H35NO3. The predicted octanol–water partition coefficient (Wildman–Crippen LogP) is 5.24. The van der Waals surface area contributed by atoms with E-state index < -0.39 is 6.10 Å². The predicted molar refractivity (Wildman–Crippen MR) is 119 cm³/mol. The first-order valence-corrected chi connectivity index (χ1v) is 10.2. The quantitative estimate of drug-likeness (QED) is 0.650. The summed E-state index contributed by atoms with van der Waals surface area (Å²) in [5, 5.41) is 2.86. The molecule has 29 heavy (non-hydrogen) atoms. The van der Waals surface area contributed by atoms with Crippen molar-refractivity contribution >= 4 is 5.91 Å². The van der Waals surface area contributed by atoms with E-state index in [4.69, 9.17) is 9.47 Å². The number of nitrogens with one attached hydrogen (secondary N) is 1. The summed E-state index contributed by atoms with van der Waals surface area (Å²) in [7, 11) is 0. The van der Waals surface area contributed by atoms with Crippen LogP contribution in [0.25, 0.3) is 0 Å². The standard InChI is InChI=1S/C25H35NO3/c1-18(29-22-14-10-20(11-15-22)25(5,6)7)23(27)26-16-17-28-21-12-8-19(9-13-21)24(2,3)4/h8-15,18H,16-17H2,1-7H3,(H,26,27). The Morgan fingerprint density at radius 1 is 0.828 bits per heavy atom. The lowest BCUT2D eigenvalue weighted by Gasteiger charge is -2.20. The molecule has 158 valence electrons. The van der Waals surface area contributed by atoms with Gasteiger partial charge in [-0.1, -0.05) is 65.8 Å². The van der Waals surface area contributed by atoms with E-state index in [0.29, 0.717) is 18.9 Å². The molecule has 0 aliphatic carbocycles. The van der Waals surface area contributed by atoms with Crippen LogP contribution < -0.4 is 14.8 Å². The lowest BCUT2D eigenvalue weighted by molar-refractivity contribution is -0.127. The summed E-state index contributed by atoms with van der Waals surface area (Å²) in [6, 6.07) is 16.0. The molecule has 1 atom stereocenters. The summed E-state index contributed by atoms with van der Waals surface area (Å²) < 4.78 is 11.5. The van der Waals surface area contributed by atoms with Crippen LogP contribution >= 0.6 is 0 Å². The Bertz CT molecular complexity index is 781. The second-order valence-electron chi connectivity index (χ2n) is 9.45. The van der Waals surface area contributed by atoms with Crippen molar-refractivity contribution in [2.24, 2.45) is 0 Å². The van der Waals surface area contributed by atoms with Crippen LogP contribution in [0.4, 0.5) is 0 Å². The zero-order valence-electron chi connectivity index (χ0n) is 18.8. The number of carbonyl (C=O) groups is 1. The first-order valence-electron chi connectivity index (χ1n) is 10.2. The van der Waals surface area contributed by atoms with Crippen LogP contribution in [0.15, 0.2) is 48.5 Å². The lowest BCUT2D eigenvalue weighted by atomic mass is 9.87. The van der Waals surface area contributed by atoms with Crippen LogP contribution in [0.5, 0.6) is 11.5 Å². The Labute approximate surface area is 175 Å². The van der Waals surface area contributed by atoms with Gasteiger partial charge >= 0.3 is 0 Å². The lowest BCUT2D eigenvalue weighted by Crippen LogP contribution is -2.38. The topological polar surface area (TPSA) is 47.6 Å². The van der Waals surface area contributed by atoms with Crippen molar-refractivity contribution in [2.45, 2.75) is 65.4 Å². The van der Waals surface area contributed by atoms with Gasteiger partial charge in [0.2, 0.25) is 0 Å². The Kier molecular flexibility index (Phi) is 7.34. The minimum Gasteiger partial charge on any atom is -0.492 e. The average molecular weight is 398 g/mol. The summed E-state index contributed by atoms with van der Waals surface area (Å²) >= 11 is 0. The summed E-state index contributed by atoms with van der Waals surface area (Å²) in [5.74, 6) is 1.34. The molecule has 1 amide bonds. The highest BCUT2D eigenvalue weighted by Gasteiger charge is 2.16. The molecule has 1 unspecified atom stereocenters. The largest absolute Gasteiger partial charge is 0.492 e. The molecule has 0 aliphatic rings. The third-order valence-electron chi connectivity index (χ3n) is 4.79. The molecule has 1 N–H and O–H groups in total. The van der Waals surface area contributed by atoms with Crippen molar-refractivity contribution in [1.82, 2.24) is 5.32 Å².